The molecule has 1 aromatic heterocycles. The van der Waals surface area contributed by atoms with Gasteiger partial charge in [0, 0.05) is 18.3 Å². The minimum atomic E-state index is -0.360. The first-order chi connectivity index (χ1) is 11.1. The number of carbonyl (C=O) groups excluding carboxylic acids is 2. The molecule has 0 aliphatic rings. The average molecular weight is 370 g/mol. The van der Waals surface area contributed by atoms with Gasteiger partial charge >= 0.3 is 5.97 Å². The molecule has 0 aliphatic heterocycles. The van der Waals surface area contributed by atoms with Crippen molar-refractivity contribution in [1.29, 1.82) is 0 Å². The molecule has 1 heterocycles. The maximum atomic E-state index is 12.0. The zero-order valence-corrected chi connectivity index (χ0v) is 14.9. The number of hydrogen-bond acceptors (Lipinski definition) is 6. The highest BCUT2D eigenvalue weighted by Gasteiger charge is 2.10. The number of nitrogens with one attached hydrogen (secondary N) is 1. The van der Waals surface area contributed by atoms with Gasteiger partial charge in [-0.05, 0) is 30.7 Å². The van der Waals surface area contributed by atoms with Crippen molar-refractivity contribution in [2.24, 2.45) is 5.73 Å². The zero-order chi connectivity index (χ0) is 16.7. The number of halogens is 1. The van der Waals surface area contributed by atoms with Gasteiger partial charge in [0.2, 0.25) is 0 Å². The van der Waals surface area contributed by atoms with Gasteiger partial charge in [-0.15, -0.1) is 23.7 Å². The Labute approximate surface area is 150 Å². The standard InChI is InChI=1S/C16H19N3O3S.ClH/c1-22-16(21)12-4-2-11(3-5-12)7-9-18-15(20)13-10-23-14(19-13)6-8-17;/h2-5,10H,6-9,17H2,1H3,(H,18,20);1H. The van der Waals surface area contributed by atoms with Gasteiger partial charge in [-0.1, -0.05) is 12.1 Å². The van der Waals surface area contributed by atoms with Crippen LogP contribution in [0, 0.1) is 0 Å². The van der Waals surface area contributed by atoms with Crippen LogP contribution in [0.3, 0.4) is 0 Å². The van der Waals surface area contributed by atoms with Gasteiger partial charge in [0.25, 0.3) is 5.91 Å². The summed E-state index contributed by atoms with van der Waals surface area (Å²) in [5.41, 5.74) is 7.43. The summed E-state index contributed by atoms with van der Waals surface area (Å²) in [6.07, 6.45) is 1.36. The van der Waals surface area contributed by atoms with E-state index in [0.717, 1.165) is 10.6 Å². The minimum absolute atomic E-state index is 0. The van der Waals surface area contributed by atoms with Crippen molar-refractivity contribution in [3.8, 4) is 0 Å². The number of methoxy groups -OCH3 is 1. The fourth-order valence-electron chi connectivity index (χ4n) is 1.99. The van der Waals surface area contributed by atoms with Crippen molar-refractivity contribution in [1.82, 2.24) is 10.3 Å². The molecule has 24 heavy (non-hydrogen) atoms. The highest BCUT2D eigenvalue weighted by atomic mass is 35.5. The van der Waals surface area contributed by atoms with E-state index in [9.17, 15) is 9.59 Å². The zero-order valence-electron chi connectivity index (χ0n) is 13.3. The van der Waals surface area contributed by atoms with Crippen molar-refractivity contribution in [3.05, 3.63) is 51.5 Å². The van der Waals surface area contributed by atoms with Crippen molar-refractivity contribution < 1.29 is 14.3 Å². The number of aromatic nitrogens is 1. The maximum Gasteiger partial charge on any atom is 0.337 e. The largest absolute Gasteiger partial charge is 0.465 e. The molecule has 130 valence electrons. The van der Waals surface area contributed by atoms with Crippen LogP contribution in [0.2, 0.25) is 0 Å². The van der Waals surface area contributed by atoms with Gasteiger partial charge in [0.15, 0.2) is 0 Å². The van der Waals surface area contributed by atoms with E-state index in [-0.39, 0.29) is 24.3 Å². The van der Waals surface area contributed by atoms with Crippen molar-refractivity contribution in [3.63, 3.8) is 0 Å². The van der Waals surface area contributed by atoms with Crippen LogP contribution in [0.25, 0.3) is 0 Å². The second-order valence-corrected chi connectivity index (χ2v) is 5.80. The Bertz CT molecular complexity index is 673. The van der Waals surface area contributed by atoms with Crippen LogP contribution in [0.5, 0.6) is 0 Å². The number of esters is 1. The number of nitrogens with two attached hydrogens (primary N) is 1. The van der Waals surface area contributed by atoms with Crippen LogP contribution >= 0.6 is 23.7 Å². The fraction of sp³-hybridized carbons (Fsp3) is 0.312. The first kappa shape index (κ1) is 20.1. The summed E-state index contributed by atoms with van der Waals surface area (Å²) in [6.45, 7) is 1.02. The van der Waals surface area contributed by atoms with Gasteiger partial charge in [-0.2, -0.15) is 0 Å². The van der Waals surface area contributed by atoms with Crippen LogP contribution in [-0.2, 0) is 17.6 Å². The third-order valence-electron chi connectivity index (χ3n) is 3.22. The van der Waals surface area contributed by atoms with E-state index < -0.39 is 0 Å². The summed E-state index contributed by atoms with van der Waals surface area (Å²) < 4.78 is 4.65. The molecule has 1 aromatic carbocycles. The summed E-state index contributed by atoms with van der Waals surface area (Å²) in [7, 11) is 1.35. The lowest BCUT2D eigenvalue weighted by molar-refractivity contribution is 0.0600. The highest BCUT2D eigenvalue weighted by Crippen LogP contribution is 2.10. The third-order valence-corrected chi connectivity index (χ3v) is 4.13. The van der Waals surface area contributed by atoms with Crippen LogP contribution in [-0.4, -0.2) is 37.1 Å². The molecule has 0 radical (unpaired) electrons. The molecule has 0 bridgehead atoms. The van der Waals surface area contributed by atoms with E-state index in [1.807, 2.05) is 12.1 Å². The molecule has 6 nitrogen and oxygen atoms in total. The van der Waals surface area contributed by atoms with E-state index in [2.05, 4.69) is 15.0 Å². The molecule has 0 saturated heterocycles. The number of nitrogens with zero attached hydrogens (tertiary/aromatic N) is 1. The number of thiazole rings is 1. The first-order valence-electron chi connectivity index (χ1n) is 7.24. The molecule has 1 amide bonds. The summed E-state index contributed by atoms with van der Waals surface area (Å²) in [5.74, 6) is -0.544. The Morgan fingerprint density at radius 2 is 1.96 bits per heavy atom. The number of carbonyl (C=O) groups is 2. The van der Waals surface area contributed by atoms with Gasteiger partial charge in [0.1, 0.15) is 5.69 Å². The van der Waals surface area contributed by atoms with Gasteiger partial charge in [-0.25, -0.2) is 9.78 Å². The number of benzene rings is 1. The normalized spacial score (nSPS) is 9.92. The Morgan fingerprint density at radius 3 is 2.58 bits per heavy atom. The van der Waals surface area contributed by atoms with Crippen molar-refractivity contribution in [2.45, 2.75) is 12.8 Å². The first-order valence-corrected chi connectivity index (χ1v) is 8.12. The van der Waals surface area contributed by atoms with E-state index in [0.29, 0.717) is 37.2 Å². The van der Waals surface area contributed by atoms with Gasteiger partial charge < -0.3 is 15.8 Å². The molecule has 8 heteroatoms. The predicted octanol–water partition coefficient (Wildman–Crippen LogP) is 1.83. The molecule has 0 unspecified atom stereocenters. The quantitative estimate of drug-likeness (QED) is 0.726. The summed E-state index contributed by atoms with van der Waals surface area (Å²) >= 11 is 1.44. The van der Waals surface area contributed by atoms with E-state index in [1.165, 1.54) is 18.4 Å². The monoisotopic (exact) mass is 369 g/mol. The fourth-order valence-corrected chi connectivity index (χ4v) is 2.78. The lowest BCUT2D eigenvalue weighted by Gasteiger charge is -2.05. The second-order valence-electron chi connectivity index (χ2n) is 4.86. The number of hydrogen-bond donors (Lipinski definition) is 2. The smallest absolute Gasteiger partial charge is 0.337 e. The SMILES string of the molecule is COC(=O)c1ccc(CCNC(=O)c2csc(CCN)n2)cc1.Cl. The second kappa shape index (κ2) is 10.0. The molecule has 0 atom stereocenters. The lowest BCUT2D eigenvalue weighted by atomic mass is 10.1. The topological polar surface area (TPSA) is 94.3 Å². The molecule has 0 fully saturated rings. The summed E-state index contributed by atoms with van der Waals surface area (Å²) in [5, 5.41) is 5.45. The minimum Gasteiger partial charge on any atom is -0.465 e. The van der Waals surface area contributed by atoms with Crippen LogP contribution in [0.15, 0.2) is 29.6 Å². The number of rotatable bonds is 7. The molecule has 2 rings (SSSR count). The van der Waals surface area contributed by atoms with E-state index in [1.54, 1.807) is 17.5 Å². The molecule has 0 aliphatic carbocycles. The highest BCUT2D eigenvalue weighted by molar-refractivity contribution is 7.09. The Kier molecular flexibility index (Phi) is 8.39. The molecule has 3 N–H and O–H groups in total. The van der Waals surface area contributed by atoms with Crippen molar-refractivity contribution >= 4 is 35.6 Å². The average Bonchev–Trinajstić information content (AvgIpc) is 3.04. The molecular formula is C16H20ClN3O3S. The predicted molar refractivity (Wildman–Crippen MR) is 95.9 cm³/mol. The summed E-state index contributed by atoms with van der Waals surface area (Å²) in [4.78, 5) is 27.6. The van der Waals surface area contributed by atoms with E-state index >= 15 is 0 Å². The Hall–Kier alpha value is -1.96. The van der Waals surface area contributed by atoms with Crippen molar-refractivity contribution in [2.75, 3.05) is 20.2 Å². The maximum absolute atomic E-state index is 12.0. The Balaban J connectivity index is 0.00000288. The van der Waals surface area contributed by atoms with Crippen LogP contribution in [0.4, 0.5) is 0 Å². The van der Waals surface area contributed by atoms with Gasteiger partial charge in [0.05, 0.1) is 17.7 Å². The number of amides is 1. The molecular weight excluding hydrogens is 350 g/mol. The third kappa shape index (κ3) is 5.59. The van der Waals surface area contributed by atoms with Gasteiger partial charge in [-0.3, -0.25) is 4.79 Å². The Morgan fingerprint density at radius 1 is 1.25 bits per heavy atom. The number of ether oxygens (including phenoxy) is 1. The van der Waals surface area contributed by atoms with E-state index in [4.69, 9.17) is 5.73 Å². The molecule has 0 saturated carbocycles. The van der Waals surface area contributed by atoms with Crippen LogP contribution in [0.1, 0.15) is 31.4 Å². The molecule has 2 aromatic rings. The summed E-state index contributed by atoms with van der Waals surface area (Å²) in [6, 6.07) is 7.12. The van der Waals surface area contributed by atoms with Crippen LogP contribution < -0.4 is 11.1 Å². The lowest BCUT2D eigenvalue weighted by Crippen LogP contribution is -2.26. The molecule has 0 spiro atoms.